The van der Waals surface area contributed by atoms with E-state index in [2.05, 4.69) is 10.4 Å². The van der Waals surface area contributed by atoms with Crippen molar-refractivity contribution in [1.29, 1.82) is 0 Å². The van der Waals surface area contributed by atoms with Crippen LogP contribution in [0.2, 0.25) is 0 Å². The van der Waals surface area contributed by atoms with E-state index in [0.29, 0.717) is 12.1 Å². The molecule has 1 aromatic carbocycles. The Morgan fingerprint density at radius 3 is 2.79 bits per heavy atom. The number of hydrogen-bond donors (Lipinski definition) is 1. The summed E-state index contributed by atoms with van der Waals surface area (Å²) in [5.41, 5.74) is 1.86. The molecule has 7 nitrogen and oxygen atoms in total. The standard InChI is InChI=1S/C16H19N3O4S/c1-11-3-2-4-13(9-11)19-15(20)6-5-14(18-19)16(21)17-12-7-8-24(22,23)10-12/h2-4,9,12H,5-8,10H2,1H3,(H,17,21)/t12-/m1/s1. The minimum Gasteiger partial charge on any atom is -0.347 e. The SMILES string of the molecule is Cc1cccc(N2N=C(C(=O)N[C@@H]3CCS(=O)(=O)C3)CCC2=O)c1. The molecule has 24 heavy (non-hydrogen) atoms. The van der Waals surface area contributed by atoms with Gasteiger partial charge in [0.1, 0.15) is 5.71 Å². The first kappa shape index (κ1) is 16.6. The highest BCUT2D eigenvalue weighted by atomic mass is 32.2. The molecule has 1 atom stereocenters. The fourth-order valence-electron chi connectivity index (χ4n) is 2.86. The van der Waals surface area contributed by atoms with Crippen LogP contribution in [0.1, 0.15) is 24.8 Å². The minimum atomic E-state index is -3.06. The molecule has 1 aromatic rings. The molecular weight excluding hydrogens is 330 g/mol. The Labute approximate surface area is 140 Å². The Balaban J connectivity index is 1.76. The summed E-state index contributed by atoms with van der Waals surface area (Å²) < 4.78 is 23.0. The fraction of sp³-hybridized carbons (Fsp3) is 0.438. The molecule has 2 heterocycles. The number of carbonyl (C=O) groups is 2. The van der Waals surface area contributed by atoms with Crippen LogP contribution in [0.3, 0.4) is 0 Å². The highest BCUT2D eigenvalue weighted by molar-refractivity contribution is 7.91. The van der Waals surface area contributed by atoms with Crippen LogP contribution >= 0.6 is 0 Å². The molecule has 1 saturated heterocycles. The lowest BCUT2D eigenvalue weighted by molar-refractivity contribution is -0.119. The van der Waals surface area contributed by atoms with Crippen molar-refractivity contribution in [1.82, 2.24) is 5.32 Å². The molecular formula is C16H19N3O4S. The van der Waals surface area contributed by atoms with Crippen LogP contribution in [0.15, 0.2) is 29.4 Å². The van der Waals surface area contributed by atoms with Crippen LogP contribution in [0.4, 0.5) is 5.69 Å². The van der Waals surface area contributed by atoms with Crippen molar-refractivity contribution < 1.29 is 18.0 Å². The molecule has 0 aromatic heterocycles. The quantitative estimate of drug-likeness (QED) is 0.872. The van der Waals surface area contributed by atoms with Gasteiger partial charge >= 0.3 is 0 Å². The van der Waals surface area contributed by atoms with Gasteiger partial charge in [0.2, 0.25) is 5.91 Å². The molecule has 0 spiro atoms. The number of rotatable bonds is 3. The van der Waals surface area contributed by atoms with Crippen LogP contribution in [0.5, 0.6) is 0 Å². The maximum Gasteiger partial charge on any atom is 0.267 e. The zero-order valence-electron chi connectivity index (χ0n) is 13.4. The van der Waals surface area contributed by atoms with Gasteiger partial charge in [-0.25, -0.2) is 13.4 Å². The lowest BCUT2D eigenvalue weighted by Gasteiger charge is -2.24. The van der Waals surface area contributed by atoms with Gasteiger partial charge in [-0.15, -0.1) is 0 Å². The second-order valence-corrected chi connectivity index (χ2v) is 8.39. The number of carbonyl (C=O) groups excluding carboxylic acids is 2. The van der Waals surface area contributed by atoms with Gasteiger partial charge in [0.25, 0.3) is 5.91 Å². The molecule has 0 unspecified atom stereocenters. The van der Waals surface area contributed by atoms with Crippen molar-refractivity contribution in [2.75, 3.05) is 16.5 Å². The maximum absolute atomic E-state index is 12.3. The van der Waals surface area contributed by atoms with Gasteiger partial charge in [0, 0.05) is 18.9 Å². The van der Waals surface area contributed by atoms with E-state index in [0.717, 1.165) is 5.56 Å². The number of nitrogens with zero attached hydrogens (tertiary/aromatic N) is 2. The molecule has 128 valence electrons. The van der Waals surface area contributed by atoms with Crippen molar-refractivity contribution in [3.8, 4) is 0 Å². The van der Waals surface area contributed by atoms with Crippen molar-refractivity contribution in [3.63, 3.8) is 0 Å². The average Bonchev–Trinajstić information content (AvgIpc) is 2.86. The Morgan fingerprint density at radius 2 is 2.12 bits per heavy atom. The zero-order chi connectivity index (χ0) is 17.3. The predicted molar refractivity (Wildman–Crippen MR) is 90.5 cm³/mol. The van der Waals surface area contributed by atoms with Crippen molar-refractivity contribution in [2.24, 2.45) is 5.10 Å². The lowest BCUT2D eigenvalue weighted by Crippen LogP contribution is -2.43. The van der Waals surface area contributed by atoms with E-state index >= 15 is 0 Å². The maximum atomic E-state index is 12.3. The first-order valence-corrected chi connectivity index (χ1v) is 9.64. The molecule has 8 heteroatoms. The molecule has 0 aliphatic carbocycles. The Bertz CT molecular complexity index is 816. The van der Waals surface area contributed by atoms with Gasteiger partial charge in [0.15, 0.2) is 9.84 Å². The third-order valence-electron chi connectivity index (χ3n) is 4.11. The Hall–Kier alpha value is -2.22. The van der Waals surface area contributed by atoms with Gasteiger partial charge in [-0.2, -0.15) is 5.10 Å². The highest BCUT2D eigenvalue weighted by Crippen LogP contribution is 2.21. The minimum absolute atomic E-state index is 0.0352. The van der Waals surface area contributed by atoms with Crippen molar-refractivity contribution in [3.05, 3.63) is 29.8 Å². The van der Waals surface area contributed by atoms with Gasteiger partial charge in [0.05, 0.1) is 17.2 Å². The Kier molecular flexibility index (Phi) is 4.40. The largest absolute Gasteiger partial charge is 0.347 e. The summed E-state index contributed by atoms with van der Waals surface area (Å²) in [4.78, 5) is 24.5. The van der Waals surface area contributed by atoms with Gasteiger partial charge < -0.3 is 5.32 Å². The number of sulfone groups is 1. The number of benzene rings is 1. The van der Waals surface area contributed by atoms with Crippen LogP contribution in [-0.4, -0.2) is 43.5 Å². The fourth-order valence-corrected chi connectivity index (χ4v) is 4.53. The van der Waals surface area contributed by atoms with E-state index in [9.17, 15) is 18.0 Å². The number of aryl methyl sites for hydroxylation is 1. The van der Waals surface area contributed by atoms with Crippen molar-refractivity contribution in [2.45, 2.75) is 32.2 Å². The van der Waals surface area contributed by atoms with Gasteiger partial charge in [-0.1, -0.05) is 12.1 Å². The number of hydrazone groups is 1. The normalized spacial score (nSPS) is 23.0. The van der Waals surface area contributed by atoms with Gasteiger partial charge in [-0.3, -0.25) is 9.59 Å². The second-order valence-electron chi connectivity index (χ2n) is 6.16. The summed E-state index contributed by atoms with van der Waals surface area (Å²) in [5, 5.41) is 8.15. The molecule has 2 amide bonds. The number of anilines is 1. The van der Waals surface area contributed by atoms with E-state index in [1.165, 1.54) is 5.01 Å². The molecule has 1 N–H and O–H groups in total. The molecule has 0 radical (unpaired) electrons. The summed E-state index contributed by atoms with van der Waals surface area (Å²) >= 11 is 0. The van der Waals surface area contributed by atoms with Crippen LogP contribution in [0, 0.1) is 6.92 Å². The molecule has 1 fully saturated rings. The summed E-state index contributed by atoms with van der Waals surface area (Å²) in [6, 6.07) is 6.95. The van der Waals surface area contributed by atoms with Gasteiger partial charge in [-0.05, 0) is 31.0 Å². The number of amides is 2. The first-order valence-electron chi connectivity index (χ1n) is 7.82. The van der Waals surface area contributed by atoms with E-state index in [1.54, 1.807) is 6.07 Å². The monoisotopic (exact) mass is 349 g/mol. The van der Waals surface area contributed by atoms with Crippen LogP contribution < -0.4 is 10.3 Å². The summed E-state index contributed by atoms with van der Waals surface area (Å²) in [6.07, 6.45) is 0.873. The number of hydrogen-bond acceptors (Lipinski definition) is 5. The average molecular weight is 349 g/mol. The van der Waals surface area contributed by atoms with E-state index in [-0.39, 0.29) is 42.0 Å². The molecule has 3 rings (SSSR count). The predicted octanol–water partition coefficient (Wildman–Crippen LogP) is 0.781. The molecule has 0 bridgehead atoms. The smallest absolute Gasteiger partial charge is 0.267 e. The number of nitrogens with one attached hydrogen (secondary N) is 1. The summed E-state index contributed by atoms with van der Waals surface area (Å²) in [7, 11) is -3.06. The summed E-state index contributed by atoms with van der Waals surface area (Å²) in [5.74, 6) is -0.506. The van der Waals surface area contributed by atoms with Crippen LogP contribution in [0.25, 0.3) is 0 Å². The molecule has 2 aliphatic heterocycles. The summed E-state index contributed by atoms with van der Waals surface area (Å²) in [6.45, 7) is 1.91. The highest BCUT2D eigenvalue weighted by Gasteiger charge is 2.31. The molecule has 2 aliphatic rings. The topological polar surface area (TPSA) is 95.9 Å². The second kappa shape index (κ2) is 6.35. The van der Waals surface area contributed by atoms with E-state index in [1.807, 2.05) is 25.1 Å². The van der Waals surface area contributed by atoms with E-state index < -0.39 is 15.7 Å². The third kappa shape index (κ3) is 3.64. The van der Waals surface area contributed by atoms with Crippen LogP contribution in [-0.2, 0) is 19.4 Å². The lowest BCUT2D eigenvalue weighted by atomic mass is 10.1. The third-order valence-corrected chi connectivity index (χ3v) is 5.88. The molecule has 0 saturated carbocycles. The van der Waals surface area contributed by atoms with Crippen molar-refractivity contribution >= 4 is 33.1 Å². The van der Waals surface area contributed by atoms with E-state index in [4.69, 9.17) is 0 Å². The first-order chi connectivity index (χ1) is 11.3. The Morgan fingerprint density at radius 1 is 1.33 bits per heavy atom. The zero-order valence-corrected chi connectivity index (χ0v) is 14.2.